The summed E-state index contributed by atoms with van der Waals surface area (Å²) in [4.78, 5) is 15.1. The predicted octanol–water partition coefficient (Wildman–Crippen LogP) is 3.68. The van der Waals surface area contributed by atoms with Crippen LogP contribution >= 0.6 is 0 Å². The molecule has 1 aliphatic heterocycles. The van der Waals surface area contributed by atoms with Crippen molar-refractivity contribution in [2.24, 2.45) is 0 Å². The van der Waals surface area contributed by atoms with E-state index in [0.29, 0.717) is 30.3 Å². The molecule has 0 saturated heterocycles. The van der Waals surface area contributed by atoms with Gasteiger partial charge in [-0.2, -0.15) is 5.10 Å². The summed E-state index contributed by atoms with van der Waals surface area (Å²) in [5.74, 6) is 1.21. The van der Waals surface area contributed by atoms with Crippen molar-refractivity contribution >= 4 is 5.91 Å². The minimum atomic E-state index is -0.215. The van der Waals surface area contributed by atoms with Crippen molar-refractivity contribution in [2.75, 3.05) is 34.5 Å². The third-order valence-electron chi connectivity index (χ3n) is 5.38. The first-order chi connectivity index (χ1) is 14.7. The van der Waals surface area contributed by atoms with Crippen molar-refractivity contribution in [1.82, 2.24) is 15.1 Å². The zero-order valence-electron chi connectivity index (χ0n) is 17.3. The van der Waals surface area contributed by atoms with E-state index in [1.165, 1.54) is 0 Å². The second kappa shape index (κ2) is 8.59. The molecule has 2 aromatic carbocycles. The Morgan fingerprint density at radius 1 is 1.03 bits per heavy atom. The SMILES string of the molecule is COCCCN1C(=O)c2[nH]nc(-c3ccc(OC)c(OC)c3)c2C1c1ccccc1. The summed E-state index contributed by atoms with van der Waals surface area (Å²) >= 11 is 0. The molecule has 0 aliphatic carbocycles. The van der Waals surface area contributed by atoms with E-state index in [2.05, 4.69) is 10.2 Å². The van der Waals surface area contributed by atoms with Crippen LogP contribution < -0.4 is 9.47 Å². The number of nitrogens with zero attached hydrogens (tertiary/aromatic N) is 2. The summed E-state index contributed by atoms with van der Waals surface area (Å²) < 4.78 is 16.0. The summed E-state index contributed by atoms with van der Waals surface area (Å²) in [6, 6.07) is 15.5. The lowest BCUT2D eigenvalue weighted by molar-refractivity contribution is 0.0723. The number of methoxy groups -OCH3 is 3. The molecular weight excluding hydrogens is 382 g/mol. The van der Waals surface area contributed by atoms with Crippen LogP contribution in [0.3, 0.4) is 0 Å². The normalized spacial score (nSPS) is 15.4. The van der Waals surface area contributed by atoms with E-state index >= 15 is 0 Å². The number of benzene rings is 2. The Kier molecular flexibility index (Phi) is 5.72. The lowest BCUT2D eigenvalue weighted by Gasteiger charge is -2.26. The molecule has 1 N–H and O–H groups in total. The van der Waals surface area contributed by atoms with Crippen LogP contribution in [-0.2, 0) is 4.74 Å². The van der Waals surface area contributed by atoms with Crippen molar-refractivity contribution in [1.29, 1.82) is 0 Å². The third kappa shape index (κ3) is 3.41. The molecule has 0 fully saturated rings. The van der Waals surface area contributed by atoms with Crippen LogP contribution in [0.15, 0.2) is 48.5 Å². The minimum Gasteiger partial charge on any atom is -0.493 e. The van der Waals surface area contributed by atoms with Gasteiger partial charge in [-0.15, -0.1) is 0 Å². The van der Waals surface area contributed by atoms with Gasteiger partial charge in [0, 0.05) is 31.4 Å². The first-order valence-corrected chi connectivity index (χ1v) is 9.85. The van der Waals surface area contributed by atoms with Gasteiger partial charge in [-0.25, -0.2) is 0 Å². The molecule has 0 spiro atoms. The van der Waals surface area contributed by atoms with Crippen molar-refractivity contribution < 1.29 is 19.0 Å². The van der Waals surface area contributed by atoms with Gasteiger partial charge in [-0.05, 0) is 30.2 Å². The van der Waals surface area contributed by atoms with Gasteiger partial charge in [-0.3, -0.25) is 9.89 Å². The van der Waals surface area contributed by atoms with E-state index in [4.69, 9.17) is 14.2 Å². The van der Waals surface area contributed by atoms with Gasteiger partial charge in [0.1, 0.15) is 5.69 Å². The number of H-pyrrole nitrogens is 1. The van der Waals surface area contributed by atoms with E-state index < -0.39 is 0 Å². The minimum absolute atomic E-state index is 0.0471. The fraction of sp³-hybridized carbons (Fsp3) is 0.304. The van der Waals surface area contributed by atoms with Gasteiger partial charge in [0.2, 0.25) is 0 Å². The molecule has 1 aromatic heterocycles. The summed E-state index contributed by atoms with van der Waals surface area (Å²) in [5.41, 5.74) is 4.06. The number of nitrogens with one attached hydrogen (secondary N) is 1. The van der Waals surface area contributed by atoms with Crippen LogP contribution in [0.4, 0.5) is 0 Å². The van der Waals surface area contributed by atoms with Gasteiger partial charge in [0.05, 0.1) is 26.0 Å². The maximum atomic E-state index is 13.2. The lowest BCUT2D eigenvalue weighted by Crippen LogP contribution is -2.31. The molecule has 7 nitrogen and oxygen atoms in total. The van der Waals surface area contributed by atoms with Crippen LogP contribution in [0.5, 0.6) is 11.5 Å². The molecular formula is C23H25N3O4. The summed E-state index contributed by atoms with van der Waals surface area (Å²) in [5, 5.41) is 7.48. The van der Waals surface area contributed by atoms with Gasteiger partial charge in [-0.1, -0.05) is 30.3 Å². The molecule has 1 unspecified atom stereocenters. The number of amides is 1. The van der Waals surface area contributed by atoms with E-state index in [1.54, 1.807) is 21.3 Å². The fourth-order valence-corrected chi connectivity index (χ4v) is 3.99. The molecule has 4 rings (SSSR count). The highest BCUT2D eigenvalue weighted by atomic mass is 16.5. The summed E-state index contributed by atoms with van der Waals surface area (Å²) in [6.07, 6.45) is 0.759. The summed E-state index contributed by atoms with van der Waals surface area (Å²) in [7, 11) is 4.87. The standard InChI is InChI=1S/C23H25N3O4/c1-28-13-7-12-26-22(15-8-5-4-6-9-15)19-20(24-25-21(19)23(26)27)16-10-11-17(29-2)18(14-16)30-3/h4-6,8-11,14,22H,7,12-13H2,1-3H3,(H,24,25). The molecule has 1 aliphatic rings. The molecule has 7 heteroatoms. The summed E-state index contributed by atoms with van der Waals surface area (Å²) in [6.45, 7) is 1.19. The number of carbonyl (C=O) groups is 1. The molecule has 0 radical (unpaired) electrons. The monoisotopic (exact) mass is 407 g/mol. The van der Waals surface area contributed by atoms with Gasteiger partial charge in [0.25, 0.3) is 5.91 Å². The molecule has 3 aromatic rings. The van der Waals surface area contributed by atoms with Crippen LogP contribution in [0.1, 0.15) is 34.1 Å². The van der Waals surface area contributed by atoms with Gasteiger partial charge >= 0.3 is 0 Å². The smallest absolute Gasteiger partial charge is 0.273 e. The van der Waals surface area contributed by atoms with Gasteiger partial charge < -0.3 is 19.1 Å². The molecule has 2 heterocycles. The quantitative estimate of drug-likeness (QED) is 0.577. The molecule has 0 saturated carbocycles. The maximum absolute atomic E-state index is 13.2. The van der Waals surface area contributed by atoms with Crippen molar-refractivity contribution in [3.05, 3.63) is 65.4 Å². The Morgan fingerprint density at radius 3 is 2.50 bits per heavy atom. The molecule has 0 bridgehead atoms. The van der Waals surface area contributed by atoms with Crippen molar-refractivity contribution in [2.45, 2.75) is 12.5 Å². The van der Waals surface area contributed by atoms with Crippen molar-refractivity contribution in [3.8, 4) is 22.8 Å². The maximum Gasteiger partial charge on any atom is 0.273 e. The number of hydrogen-bond acceptors (Lipinski definition) is 5. The number of ether oxygens (including phenoxy) is 3. The topological polar surface area (TPSA) is 76.7 Å². The Labute approximate surface area is 175 Å². The first kappa shape index (κ1) is 20.0. The largest absolute Gasteiger partial charge is 0.493 e. The second-order valence-electron chi connectivity index (χ2n) is 7.09. The Hall–Kier alpha value is -3.32. The van der Waals surface area contributed by atoms with Crippen LogP contribution in [-0.4, -0.2) is 55.5 Å². The molecule has 156 valence electrons. The highest BCUT2D eigenvalue weighted by Crippen LogP contribution is 2.43. The fourth-order valence-electron chi connectivity index (χ4n) is 3.99. The van der Waals surface area contributed by atoms with Crippen molar-refractivity contribution in [3.63, 3.8) is 0 Å². The number of aromatic amines is 1. The Balaban J connectivity index is 1.81. The van der Waals surface area contributed by atoms with Crippen LogP contribution in [0, 0.1) is 0 Å². The van der Waals surface area contributed by atoms with Crippen LogP contribution in [0.2, 0.25) is 0 Å². The Bertz CT molecular complexity index is 1030. The third-order valence-corrected chi connectivity index (χ3v) is 5.38. The van der Waals surface area contributed by atoms with E-state index in [1.807, 2.05) is 53.4 Å². The number of carbonyl (C=O) groups excluding carboxylic acids is 1. The molecule has 1 amide bonds. The Morgan fingerprint density at radius 2 is 1.80 bits per heavy atom. The van der Waals surface area contributed by atoms with E-state index in [9.17, 15) is 4.79 Å². The molecule has 1 atom stereocenters. The average Bonchev–Trinajstić information content (AvgIpc) is 3.33. The highest BCUT2D eigenvalue weighted by Gasteiger charge is 2.41. The average molecular weight is 407 g/mol. The number of aromatic nitrogens is 2. The number of hydrogen-bond donors (Lipinski definition) is 1. The lowest BCUT2D eigenvalue weighted by atomic mass is 9.96. The van der Waals surface area contributed by atoms with E-state index in [0.717, 1.165) is 28.8 Å². The zero-order valence-corrected chi connectivity index (χ0v) is 17.3. The molecule has 30 heavy (non-hydrogen) atoms. The number of rotatable bonds is 8. The highest BCUT2D eigenvalue weighted by molar-refractivity contribution is 6.00. The second-order valence-corrected chi connectivity index (χ2v) is 7.09. The first-order valence-electron chi connectivity index (χ1n) is 9.85. The van der Waals surface area contributed by atoms with E-state index in [-0.39, 0.29) is 11.9 Å². The van der Waals surface area contributed by atoms with Crippen LogP contribution in [0.25, 0.3) is 11.3 Å². The van der Waals surface area contributed by atoms with Gasteiger partial charge in [0.15, 0.2) is 11.5 Å². The number of fused-ring (bicyclic) bond motifs is 1. The predicted molar refractivity (Wildman–Crippen MR) is 113 cm³/mol. The zero-order chi connectivity index (χ0) is 21.1.